The summed E-state index contributed by atoms with van der Waals surface area (Å²) < 4.78 is 5.74. The van der Waals surface area contributed by atoms with Gasteiger partial charge in [-0.1, -0.05) is 71.6 Å². The standard InChI is InChI=1S/C22H42O4/c1-3-5-7-9-12-16-20(17-13-10-8-6-4-2)26-22(25)19-15-11-14-18-21(23)24/h20H,3-19H2,1-2H3,(H,23,24). The molecule has 26 heavy (non-hydrogen) atoms. The minimum atomic E-state index is -0.765. The molecule has 0 radical (unpaired) electrons. The molecule has 4 heteroatoms. The Hall–Kier alpha value is -1.06. The van der Waals surface area contributed by atoms with Crippen LogP contribution in [0.15, 0.2) is 0 Å². The smallest absolute Gasteiger partial charge is 0.306 e. The van der Waals surface area contributed by atoms with Crippen molar-refractivity contribution in [2.45, 2.75) is 129 Å². The summed E-state index contributed by atoms with van der Waals surface area (Å²) in [6, 6.07) is 0. The van der Waals surface area contributed by atoms with Gasteiger partial charge in [0.15, 0.2) is 0 Å². The van der Waals surface area contributed by atoms with E-state index in [9.17, 15) is 9.59 Å². The highest BCUT2D eigenvalue weighted by Crippen LogP contribution is 2.17. The Morgan fingerprint density at radius 3 is 1.65 bits per heavy atom. The monoisotopic (exact) mass is 370 g/mol. The van der Waals surface area contributed by atoms with Crippen LogP contribution in [-0.4, -0.2) is 23.1 Å². The van der Waals surface area contributed by atoms with Gasteiger partial charge < -0.3 is 9.84 Å². The number of aliphatic carboxylic acids is 1. The minimum absolute atomic E-state index is 0.0739. The molecule has 0 unspecified atom stereocenters. The highest BCUT2D eigenvalue weighted by Gasteiger charge is 2.14. The number of rotatable bonds is 19. The number of esters is 1. The van der Waals surface area contributed by atoms with Crippen LogP contribution in [0.3, 0.4) is 0 Å². The van der Waals surface area contributed by atoms with Crippen molar-refractivity contribution in [3.63, 3.8) is 0 Å². The van der Waals surface area contributed by atoms with Gasteiger partial charge in [-0.25, -0.2) is 0 Å². The first-order chi connectivity index (χ1) is 12.6. The second kappa shape index (κ2) is 18.7. The maximum Gasteiger partial charge on any atom is 0.306 e. The molecule has 0 fully saturated rings. The first kappa shape index (κ1) is 24.9. The zero-order valence-corrected chi connectivity index (χ0v) is 17.3. The van der Waals surface area contributed by atoms with Gasteiger partial charge in [0.25, 0.3) is 0 Å². The molecule has 0 rings (SSSR count). The Kier molecular flexibility index (Phi) is 18.0. The minimum Gasteiger partial charge on any atom is -0.481 e. The number of carbonyl (C=O) groups excluding carboxylic acids is 1. The molecule has 0 aromatic carbocycles. The van der Waals surface area contributed by atoms with E-state index in [4.69, 9.17) is 9.84 Å². The first-order valence-electron chi connectivity index (χ1n) is 11.0. The van der Waals surface area contributed by atoms with Crippen molar-refractivity contribution in [3.8, 4) is 0 Å². The highest BCUT2D eigenvalue weighted by atomic mass is 16.5. The number of ether oxygens (including phenoxy) is 1. The average Bonchev–Trinajstić information content (AvgIpc) is 2.60. The van der Waals surface area contributed by atoms with E-state index in [-0.39, 0.29) is 18.5 Å². The Morgan fingerprint density at radius 2 is 1.15 bits per heavy atom. The number of unbranched alkanes of at least 4 members (excludes halogenated alkanes) is 10. The summed E-state index contributed by atoms with van der Waals surface area (Å²) in [6.07, 6.45) is 17.2. The number of carbonyl (C=O) groups is 2. The maximum atomic E-state index is 12.1. The fourth-order valence-electron chi connectivity index (χ4n) is 3.18. The summed E-state index contributed by atoms with van der Waals surface area (Å²) in [5.41, 5.74) is 0. The van der Waals surface area contributed by atoms with Crippen LogP contribution >= 0.6 is 0 Å². The van der Waals surface area contributed by atoms with Crippen LogP contribution in [-0.2, 0) is 14.3 Å². The van der Waals surface area contributed by atoms with E-state index in [1.165, 1.54) is 51.4 Å². The van der Waals surface area contributed by atoms with E-state index >= 15 is 0 Å². The fraction of sp³-hybridized carbons (Fsp3) is 0.909. The fourth-order valence-corrected chi connectivity index (χ4v) is 3.18. The largest absolute Gasteiger partial charge is 0.481 e. The third-order valence-corrected chi connectivity index (χ3v) is 4.83. The lowest BCUT2D eigenvalue weighted by Gasteiger charge is -2.18. The quantitative estimate of drug-likeness (QED) is 0.204. The van der Waals surface area contributed by atoms with Crippen molar-refractivity contribution in [2.75, 3.05) is 0 Å². The van der Waals surface area contributed by atoms with Crippen LogP contribution in [0.1, 0.15) is 123 Å². The molecule has 0 aromatic rings. The lowest BCUT2D eigenvalue weighted by molar-refractivity contribution is -0.150. The van der Waals surface area contributed by atoms with Crippen LogP contribution < -0.4 is 0 Å². The van der Waals surface area contributed by atoms with Crippen molar-refractivity contribution in [2.24, 2.45) is 0 Å². The van der Waals surface area contributed by atoms with Crippen molar-refractivity contribution in [3.05, 3.63) is 0 Å². The molecule has 0 aromatic heterocycles. The molecule has 0 aliphatic rings. The second-order valence-corrected chi connectivity index (χ2v) is 7.47. The molecular weight excluding hydrogens is 328 g/mol. The highest BCUT2D eigenvalue weighted by molar-refractivity contribution is 5.69. The van der Waals surface area contributed by atoms with Crippen LogP contribution in [0.4, 0.5) is 0 Å². The topological polar surface area (TPSA) is 63.6 Å². The Labute approximate surface area is 161 Å². The van der Waals surface area contributed by atoms with Crippen molar-refractivity contribution in [1.29, 1.82) is 0 Å². The molecule has 0 saturated heterocycles. The molecule has 0 saturated carbocycles. The first-order valence-corrected chi connectivity index (χ1v) is 11.0. The SMILES string of the molecule is CCCCCCCC(CCCCCCC)OC(=O)CCCCCC(=O)O. The van der Waals surface area contributed by atoms with Gasteiger partial charge in [-0.05, 0) is 38.5 Å². The Balaban J connectivity index is 4.01. The zero-order chi connectivity index (χ0) is 19.5. The average molecular weight is 371 g/mol. The van der Waals surface area contributed by atoms with E-state index in [1.54, 1.807) is 0 Å². The lowest BCUT2D eigenvalue weighted by atomic mass is 10.0. The molecule has 0 heterocycles. The zero-order valence-electron chi connectivity index (χ0n) is 17.3. The van der Waals surface area contributed by atoms with Gasteiger partial charge in [0.2, 0.25) is 0 Å². The van der Waals surface area contributed by atoms with Gasteiger partial charge in [-0.15, -0.1) is 0 Å². The molecule has 0 aliphatic heterocycles. The Bertz CT molecular complexity index is 327. The summed E-state index contributed by atoms with van der Waals surface area (Å²) >= 11 is 0. The molecule has 154 valence electrons. The lowest BCUT2D eigenvalue weighted by Crippen LogP contribution is -2.18. The van der Waals surface area contributed by atoms with E-state index < -0.39 is 5.97 Å². The molecule has 4 nitrogen and oxygen atoms in total. The van der Waals surface area contributed by atoms with Gasteiger partial charge in [-0.2, -0.15) is 0 Å². The van der Waals surface area contributed by atoms with Gasteiger partial charge in [0.05, 0.1) is 0 Å². The molecule has 0 aliphatic carbocycles. The van der Waals surface area contributed by atoms with Gasteiger partial charge in [-0.3, -0.25) is 9.59 Å². The van der Waals surface area contributed by atoms with Crippen molar-refractivity contribution >= 4 is 11.9 Å². The second-order valence-electron chi connectivity index (χ2n) is 7.47. The van der Waals surface area contributed by atoms with E-state index in [2.05, 4.69) is 13.8 Å². The summed E-state index contributed by atoms with van der Waals surface area (Å²) in [7, 11) is 0. The molecule has 0 amide bonds. The summed E-state index contributed by atoms with van der Waals surface area (Å²) in [6.45, 7) is 4.44. The van der Waals surface area contributed by atoms with E-state index in [1.807, 2.05) is 0 Å². The van der Waals surface area contributed by atoms with Crippen molar-refractivity contribution < 1.29 is 19.4 Å². The number of carboxylic acids is 1. The summed E-state index contributed by atoms with van der Waals surface area (Å²) in [5, 5.41) is 8.62. The predicted octanol–water partition coefficient (Wildman–Crippen LogP) is 6.65. The molecule has 0 atom stereocenters. The van der Waals surface area contributed by atoms with Crippen LogP contribution in [0.2, 0.25) is 0 Å². The third-order valence-electron chi connectivity index (χ3n) is 4.83. The number of carboxylic acid groups (broad SMARTS) is 1. The predicted molar refractivity (Wildman–Crippen MR) is 107 cm³/mol. The number of hydrogen-bond donors (Lipinski definition) is 1. The summed E-state index contributed by atoms with van der Waals surface area (Å²) in [4.78, 5) is 22.6. The number of hydrogen-bond acceptors (Lipinski definition) is 3. The molecule has 0 spiro atoms. The summed E-state index contributed by atoms with van der Waals surface area (Å²) in [5.74, 6) is -0.869. The van der Waals surface area contributed by atoms with Gasteiger partial charge in [0.1, 0.15) is 6.10 Å². The molecular formula is C22H42O4. The molecule has 0 bridgehead atoms. The third kappa shape index (κ3) is 17.8. The van der Waals surface area contributed by atoms with Gasteiger partial charge in [0, 0.05) is 12.8 Å². The van der Waals surface area contributed by atoms with E-state index in [0.717, 1.165) is 38.5 Å². The van der Waals surface area contributed by atoms with Crippen LogP contribution in [0.5, 0.6) is 0 Å². The van der Waals surface area contributed by atoms with Crippen LogP contribution in [0.25, 0.3) is 0 Å². The van der Waals surface area contributed by atoms with E-state index in [0.29, 0.717) is 12.8 Å². The van der Waals surface area contributed by atoms with Crippen molar-refractivity contribution in [1.82, 2.24) is 0 Å². The van der Waals surface area contributed by atoms with Gasteiger partial charge >= 0.3 is 11.9 Å². The maximum absolute atomic E-state index is 12.1. The molecule has 1 N–H and O–H groups in total. The normalized spacial score (nSPS) is 11.0. The Morgan fingerprint density at radius 1 is 0.692 bits per heavy atom. The van der Waals surface area contributed by atoms with Crippen LogP contribution in [0, 0.1) is 0 Å².